The number of hydrogen-bond acceptors (Lipinski definition) is 6. The number of rotatable bonds is 8. The molecule has 8 heteroatoms. The van der Waals surface area contributed by atoms with Gasteiger partial charge < -0.3 is 24.5 Å². The predicted molar refractivity (Wildman–Crippen MR) is 113 cm³/mol. The molecular weight excluding hydrogens is 393 g/mol. The quantitative estimate of drug-likeness (QED) is 0.378. The Balaban J connectivity index is 2.34. The fourth-order valence-electron chi connectivity index (χ4n) is 3.58. The van der Waals surface area contributed by atoms with Crippen molar-refractivity contribution in [2.45, 2.75) is 45.9 Å². The van der Waals surface area contributed by atoms with Gasteiger partial charge in [-0.25, -0.2) is 4.79 Å². The number of fused-ring (bicyclic) bond motifs is 1. The van der Waals surface area contributed by atoms with E-state index in [9.17, 15) is 19.3 Å². The number of cyclic esters (lactones) is 1. The summed E-state index contributed by atoms with van der Waals surface area (Å²) >= 11 is 0. The van der Waals surface area contributed by atoms with Gasteiger partial charge in [0.25, 0.3) is 0 Å². The fraction of sp³-hybridized carbons (Fsp3) is 0.524. The standard InChI is InChI=1S/C21H30NO6P/c1-7-22-20(24)16(29(5,6)26)10-12(2)8-9-14-18(23)17-15(11-28-21(17)25)13(3)19(14)27-4/h8,16,23H,7,9-11H2,1-6H3,(H,22,24)/b12-8+. The fourth-order valence-corrected chi connectivity index (χ4v) is 4.96. The number of nitrogens with one attached hydrogen (secondary N) is 1. The van der Waals surface area contributed by atoms with Crippen LogP contribution in [-0.2, 0) is 27.1 Å². The summed E-state index contributed by atoms with van der Waals surface area (Å²) in [5.74, 6) is -0.379. The van der Waals surface area contributed by atoms with E-state index in [2.05, 4.69) is 5.32 Å². The summed E-state index contributed by atoms with van der Waals surface area (Å²) in [6, 6.07) is 0. The highest BCUT2D eigenvalue weighted by molar-refractivity contribution is 7.64. The maximum Gasteiger partial charge on any atom is 0.342 e. The number of allylic oxidation sites excluding steroid dienone is 2. The summed E-state index contributed by atoms with van der Waals surface area (Å²) in [4.78, 5) is 24.3. The van der Waals surface area contributed by atoms with Crippen LogP contribution >= 0.6 is 7.14 Å². The van der Waals surface area contributed by atoms with Crippen LogP contribution in [0.4, 0.5) is 0 Å². The third-order valence-corrected chi connectivity index (χ3v) is 7.14. The first-order valence-electron chi connectivity index (χ1n) is 9.59. The molecule has 29 heavy (non-hydrogen) atoms. The van der Waals surface area contributed by atoms with Crippen molar-refractivity contribution >= 4 is 19.0 Å². The number of methoxy groups -OCH3 is 1. The molecule has 0 saturated carbocycles. The van der Waals surface area contributed by atoms with Gasteiger partial charge in [-0.3, -0.25) is 4.79 Å². The highest BCUT2D eigenvalue weighted by atomic mass is 31.2. The van der Waals surface area contributed by atoms with Crippen LogP contribution in [-0.4, -0.2) is 49.6 Å². The van der Waals surface area contributed by atoms with Gasteiger partial charge in [-0.15, -0.1) is 0 Å². The first kappa shape index (κ1) is 23.0. The van der Waals surface area contributed by atoms with E-state index in [-0.39, 0.29) is 23.8 Å². The zero-order valence-electron chi connectivity index (χ0n) is 17.9. The Labute approximate surface area is 171 Å². The van der Waals surface area contributed by atoms with E-state index in [1.807, 2.05) is 26.8 Å². The van der Waals surface area contributed by atoms with Crippen molar-refractivity contribution in [2.24, 2.45) is 0 Å². The predicted octanol–water partition coefficient (Wildman–Crippen LogP) is 3.39. The third kappa shape index (κ3) is 4.84. The molecular formula is C21H30NO6P. The largest absolute Gasteiger partial charge is 0.507 e. The second-order valence-corrected chi connectivity index (χ2v) is 11.2. The lowest BCUT2D eigenvalue weighted by Gasteiger charge is -2.21. The van der Waals surface area contributed by atoms with Crippen molar-refractivity contribution in [2.75, 3.05) is 27.0 Å². The molecule has 2 N–H and O–H groups in total. The number of carbonyl (C=O) groups is 2. The lowest BCUT2D eigenvalue weighted by atomic mass is 9.94. The number of phenols is 1. The Bertz CT molecular complexity index is 899. The molecule has 1 atom stereocenters. The molecule has 0 aromatic heterocycles. The number of hydrogen-bond donors (Lipinski definition) is 2. The van der Waals surface area contributed by atoms with Gasteiger partial charge in [0.1, 0.15) is 23.7 Å². The number of benzene rings is 1. The van der Waals surface area contributed by atoms with Crippen molar-refractivity contribution in [3.63, 3.8) is 0 Å². The molecule has 0 spiro atoms. The molecule has 0 fully saturated rings. The minimum Gasteiger partial charge on any atom is -0.507 e. The summed E-state index contributed by atoms with van der Waals surface area (Å²) < 4.78 is 23.2. The normalized spacial score (nSPS) is 15.0. The number of amides is 1. The van der Waals surface area contributed by atoms with E-state index in [1.54, 1.807) is 13.3 Å². The van der Waals surface area contributed by atoms with E-state index < -0.39 is 18.8 Å². The maximum atomic E-state index is 12.6. The molecule has 0 saturated heterocycles. The van der Waals surface area contributed by atoms with Crippen molar-refractivity contribution < 1.29 is 28.7 Å². The Morgan fingerprint density at radius 1 is 1.41 bits per heavy atom. The Morgan fingerprint density at radius 3 is 2.62 bits per heavy atom. The number of carbonyl (C=O) groups excluding carboxylic acids is 2. The molecule has 1 aromatic rings. The number of phenolic OH excluding ortho intramolecular Hbond substituents is 1. The van der Waals surface area contributed by atoms with Crippen LogP contribution in [0.3, 0.4) is 0 Å². The molecule has 1 amide bonds. The van der Waals surface area contributed by atoms with E-state index in [4.69, 9.17) is 9.47 Å². The Morgan fingerprint density at radius 2 is 2.07 bits per heavy atom. The Hall–Kier alpha value is -2.27. The van der Waals surface area contributed by atoms with Gasteiger partial charge in [0, 0.05) is 17.7 Å². The smallest absolute Gasteiger partial charge is 0.342 e. The second kappa shape index (κ2) is 9.04. The first-order valence-corrected chi connectivity index (χ1v) is 12.3. The minimum absolute atomic E-state index is 0.121. The minimum atomic E-state index is -2.65. The van der Waals surface area contributed by atoms with Crippen molar-refractivity contribution in [1.29, 1.82) is 0 Å². The lowest BCUT2D eigenvalue weighted by Crippen LogP contribution is -2.34. The van der Waals surface area contributed by atoms with E-state index >= 15 is 0 Å². The summed E-state index contributed by atoms with van der Waals surface area (Å²) in [7, 11) is -1.14. The molecule has 7 nitrogen and oxygen atoms in total. The van der Waals surface area contributed by atoms with Crippen LogP contribution in [0.2, 0.25) is 0 Å². The van der Waals surface area contributed by atoms with Crippen molar-refractivity contribution in [3.05, 3.63) is 33.9 Å². The zero-order valence-corrected chi connectivity index (χ0v) is 18.8. The van der Waals surface area contributed by atoms with Gasteiger partial charge in [-0.2, -0.15) is 0 Å². The number of esters is 1. The third-order valence-electron chi connectivity index (χ3n) is 5.22. The van der Waals surface area contributed by atoms with Crippen LogP contribution in [0.5, 0.6) is 11.5 Å². The average molecular weight is 423 g/mol. The molecule has 1 unspecified atom stereocenters. The Kier molecular flexibility index (Phi) is 7.17. The zero-order chi connectivity index (χ0) is 21.9. The molecule has 0 bridgehead atoms. The highest BCUT2D eigenvalue weighted by Crippen LogP contribution is 2.46. The van der Waals surface area contributed by atoms with Crippen LogP contribution < -0.4 is 10.1 Å². The number of aromatic hydroxyl groups is 1. The van der Waals surface area contributed by atoms with Crippen LogP contribution in [0.25, 0.3) is 0 Å². The van der Waals surface area contributed by atoms with Gasteiger partial charge in [0.05, 0.1) is 19.9 Å². The van der Waals surface area contributed by atoms with E-state index in [0.717, 1.165) is 11.1 Å². The van der Waals surface area contributed by atoms with Gasteiger partial charge in [-0.1, -0.05) is 11.6 Å². The van der Waals surface area contributed by atoms with Gasteiger partial charge >= 0.3 is 5.97 Å². The van der Waals surface area contributed by atoms with Crippen LogP contribution in [0, 0.1) is 6.92 Å². The first-order chi connectivity index (χ1) is 13.5. The van der Waals surface area contributed by atoms with Crippen molar-refractivity contribution in [3.8, 4) is 11.5 Å². The molecule has 2 rings (SSSR count). The highest BCUT2D eigenvalue weighted by Gasteiger charge is 2.32. The molecule has 1 aliphatic heterocycles. The van der Waals surface area contributed by atoms with Crippen LogP contribution in [0.1, 0.15) is 47.3 Å². The molecule has 1 aliphatic rings. The van der Waals surface area contributed by atoms with Gasteiger partial charge in [-0.05, 0) is 52.5 Å². The molecule has 1 heterocycles. The second-order valence-electron chi connectivity index (χ2n) is 7.72. The summed E-state index contributed by atoms with van der Waals surface area (Å²) in [5.41, 5.74) is 2.35. The molecule has 0 aliphatic carbocycles. The topological polar surface area (TPSA) is 102 Å². The van der Waals surface area contributed by atoms with E-state index in [0.29, 0.717) is 36.3 Å². The lowest BCUT2D eigenvalue weighted by molar-refractivity contribution is -0.120. The molecule has 160 valence electrons. The monoisotopic (exact) mass is 423 g/mol. The summed E-state index contributed by atoms with van der Waals surface area (Å²) in [5, 5.41) is 13.4. The van der Waals surface area contributed by atoms with Gasteiger partial charge in [0.15, 0.2) is 0 Å². The van der Waals surface area contributed by atoms with Crippen LogP contribution in [0.15, 0.2) is 11.6 Å². The van der Waals surface area contributed by atoms with E-state index in [1.165, 1.54) is 7.11 Å². The summed E-state index contributed by atoms with van der Waals surface area (Å²) in [6.07, 6.45) is 2.53. The molecule has 1 aromatic carbocycles. The molecule has 0 radical (unpaired) electrons. The SMILES string of the molecule is CCNC(=O)C(C/C(C)=C/Cc1c(O)c2c(c(C)c1OC)COC2=O)P(C)(C)=O. The average Bonchev–Trinajstić information content (AvgIpc) is 3.02. The maximum absolute atomic E-state index is 12.6. The van der Waals surface area contributed by atoms with Crippen molar-refractivity contribution in [1.82, 2.24) is 5.32 Å². The number of ether oxygens (including phenoxy) is 2. The van der Waals surface area contributed by atoms with Gasteiger partial charge in [0.2, 0.25) is 5.91 Å². The summed E-state index contributed by atoms with van der Waals surface area (Å²) in [6.45, 7) is 9.34.